The van der Waals surface area contributed by atoms with Crippen molar-refractivity contribution in [3.63, 3.8) is 0 Å². The van der Waals surface area contributed by atoms with Gasteiger partial charge >= 0.3 is 0 Å². The van der Waals surface area contributed by atoms with E-state index < -0.39 is 0 Å². The van der Waals surface area contributed by atoms with Gasteiger partial charge in [-0.2, -0.15) is 0 Å². The van der Waals surface area contributed by atoms with Crippen LogP contribution < -0.4 is 10.2 Å². The second kappa shape index (κ2) is 6.95. The van der Waals surface area contributed by atoms with Crippen LogP contribution in [0, 0.1) is 25.7 Å². The van der Waals surface area contributed by atoms with Crippen LogP contribution in [0.25, 0.3) is 0 Å². The maximum atomic E-state index is 12.2. The first-order valence-electron chi connectivity index (χ1n) is 8.03. The standard InChI is InChI=1S/C18H26N2O2/c1-12(2)5-6-19-18(22)15-10-17(21)20(11-15)16-8-13(3)7-14(4)9-16/h7-9,12,15H,5-6,10-11H2,1-4H3,(H,19,22)/t15-/m0/s1. The quantitative estimate of drug-likeness (QED) is 0.909. The van der Waals surface area contributed by atoms with Crippen molar-refractivity contribution in [3.8, 4) is 0 Å². The Hall–Kier alpha value is -1.84. The molecule has 1 fully saturated rings. The predicted molar refractivity (Wildman–Crippen MR) is 88.8 cm³/mol. The van der Waals surface area contributed by atoms with Crippen LogP contribution in [-0.4, -0.2) is 24.9 Å². The van der Waals surface area contributed by atoms with Crippen LogP contribution in [0.4, 0.5) is 5.69 Å². The first kappa shape index (κ1) is 16.5. The minimum absolute atomic E-state index is 0.000810. The maximum Gasteiger partial charge on any atom is 0.227 e. The molecular weight excluding hydrogens is 276 g/mol. The lowest BCUT2D eigenvalue weighted by molar-refractivity contribution is -0.126. The third-order valence-electron chi connectivity index (χ3n) is 4.03. The molecule has 0 saturated carbocycles. The van der Waals surface area contributed by atoms with Crippen molar-refractivity contribution in [3.05, 3.63) is 29.3 Å². The summed E-state index contributed by atoms with van der Waals surface area (Å²) in [6, 6.07) is 6.09. The zero-order chi connectivity index (χ0) is 16.3. The first-order valence-corrected chi connectivity index (χ1v) is 8.03. The van der Waals surface area contributed by atoms with Gasteiger partial charge in [0.15, 0.2) is 0 Å². The Morgan fingerprint density at radius 3 is 2.50 bits per heavy atom. The van der Waals surface area contributed by atoms with Crippen molar-refractivity contribution in [2.24, 2.45) is 11.8 Å². The second-order valence-electron chi connectivity index (χ2n) is 6.72. The molecule has 4 nitrogen and oxygen atoms in total. The van der Waals surface area contributed by atoms with Crippen LogP contribution in [0.2, 0.25) is 0 Å². The maximum absolute atomic E-state index is 12.2. The summed E-state index contributed by atoms with van der Waals surface area (Å²) in [4.78, 5) is 26.2. The van der Waals surface area contributed by atoms with Gasteiger partial charge in [-0.05, 0) is 49.4 Å². The SMILES string of the molecule is Cc1cc(C)cc(N2C[C@@H](C(=O)NCCC(C)C)CC2=O)c1. The summed E-state index contributed by atoms with van der Waals surface area (Å²) in [5.74, 6) is 0.368. The van der Waals surface area contributed by atoms with E-state index in [-0.39, 0.29) is 17.7 Å². The lowest BCUT2D eigenvalue weighted by Gasteiger charge is -2.18. The number of rotatable bonds is 5. The second-order valence-corrected chi connectivity index (χ2v) is 6.72. The molecule has 0 unspecified atom stereocenters. The summed E-state index contributed by atoms with van der Waals surface area (Å²) in [5, 5.41) is 2.95. The van der Waals surface area contributed by atoms with Gasteiger partial charge in [0.25, 0.3) is 0 Å². The van der Waals surface area contributed by atoms with Gasteiger partial charge in [-0.15, -0.1) is 0 Å². The van der Waals surface area contributed by atoms with Gasteiger partial charge in [0.05, 0.1) is 5.92 Å². The fourth-order valence-corrected chi connectivity index (χ4v) is 2.87. The average Bonchev–Trinajstić information content (AvgIpc) is 2.79. The van der Waals surface area contributed by atoms with Crippen molar-refractivity contribution >= 4 is 17.5 Å². The minimum Gasteiger partial charge on any atom is -0.356 e. The van der Waals surface area contributed by atoms with Crippen molar-refractivity contribution in [1.82, 2.24) is 5.32 Å². The Balaban J connectivity index is 1.99. The molecule has 1 aliphatic rings. The van der Waals surface area contributed by atoms with E-state index in [1.165, 1.54) is 0 Å². The van der Waals surface area contributed by atoms with Crippen molar-refractivity contribution in [2.45, 2.75) is 40.5 Å². The van der Waals surface area contributed by atoms with Gasteiger partial charge in [-0.3, -0.25) is 9.59 Å². The highest BCUT2D eigenvalue weighted by Crippen LogP contribution is 2.27. The van der Waals surface area contributed by atoms with Crippen molar-refractivity contribution in [1.29, 1.82) is 0 Å². The zero-order valence-electron chi connectivity index (χ0n) is 14.0. The number of benzene rings is 1. The van der Waals surface area contributed by atoms with E-state index in [4.69, 9.17) is 0 Å². The molecule has 1 aromatic carbocycles. The van der Waals surface area contributed by atoms with Crippen LogP contribution in [0.1, 0.15) is 37.8 Å². The molecule has 0 aromatic heterocycles. The van der Waals surface area contributed by atoms with E-state index in [0.29, 0.717) is 25.4 Å². The van der Waals surface area contributed by atoms with Gasteiger partial charge in [-0.1, -0.05) is 19.9 Å². The molecule has 1 aromatic rings. The summed E-state index contributed by atoms with van der Waals surface area (Å²) < 4.78 is 0. The summed E-state index contributed by atoms with van der Waals surface area (Å²) >= 11 is 0. The third-order valence-corrected chi connectivity index (χ3v) is 4.03. The van der Waals surface area contributed by atoms with Gasteiger partial charge in [-0.25, -0.2) is 0 Å². The van der Waals surface area contributed by atoms with E-state index in [0.717, 1.165) is 23.2 Å². The zero-order valence-corrected chi connectivity index (χ0v) is 14.0. The average molecular weight is 302 g/mol. The fraction of sp³-hybridized carbons (Fsp3) is 0.556. The molecule has 1 saturated heterocycles. The third kappa shape index (κ3) is 4.09. The number of carbonyl (C=O) groups is 2. The normalized spacial score (nSPS) is 18.1. The molecule has 1 aliphatic heterocycles. The van der Waals surface area contributed by atoms with E-state index in [1.807, 2.05) is 26.0 Å². The number of nitrogens with one attached hydrogen (secondary N) is 1. The molecule has 0 bridgehead atoms. The van der Waals surface area contributed by atoms with Crippen LogP contribution in [0.3, 0.4) is 0 Å². The molecule has 2 rings (SSSR count). The topological polar surface area (TPSA) is 49.4 Å². The first-order chi connectivity index (χ1) is 10.4. The number of aryl methyl sites for hydroxylation is 2. The van der Waals surface area contributed by atoms with Gasteiger partial charge < -0.3 is 10.2 Å². The number of anilines is 1. The van der Waals surface area contributed by atoms with E-state index >= 15 is 0 Å². The minimum atomic E-state index is -0.236. The number of amides is 2. The lowest BCUT2D eigenvalue weighted by Crippen LogP contribution is -2.33. The Morgan fingerprint density at radius 1 is 1.27 bits per heavy atom. The molecule has 1 N–H and O–H groups in total. The summed E-state index contributed by atoms with van der Waals surface area (Å²) in [7, 11) is 0. The Bertz CT molecular complexity index is 546. The fourth-order valence-electron chi connectivity index (χ4n) is 2.87. The monoisotopic (exact) mass is 302 g/mol. The van der Waals surface area contributed by atoms with Gasteiger partial charge in [0.1, 0.15) is 0 Å². The highest BCUT2D eigenvalue weighted by Gasteiger charge is 2.35. The highest BCUT2D eigenvalue weighted by molar-refractivity contribution is 6.00. The summed E-state index contributed by atoms with van der Waals surface area (Å²) in [5.41, 5.74) is 3.17. The number of hydrogen-bond acceptors (Lipinski definition) is 2. The van der Waals surface area contributed by atoms with E-state index in [9.17, 15) is 9.59 Å². The molecule has 2 amide bonds. The molecule has 0 spiro atoms. The van der Waals surface area contributed by atoms with Crippen LogP contribution in [0.5, 0.6) is 0 Å². The summed E-state index contributed by atoms with van der Waals surface area (Å²) in [6.45, 7) is 9.47. The molecule has 1 heterocycles. The Morgan fingerprint density at radius 2 is 1.91 bits per heavy atom. The van der Waals surface area contributed by atoms with Crippen molar-refractivity contribution in [2.75, 3.05) is 18.0 Å². The molecular formula is C18H26N2O2. The van der Waals surface area contributed by atoms with Gasteiger partial charge in [0.2, 0.25) is 11.8 Å². The van der Waals surface area contributed by atoms with E-state index in [1.54, 1.807) is 4.90 Å². The number of carbonyl (C=O) groups excluding carboxylic acids is 2. The Labute approximate surface area is 132 Å². The molecule has 4 heteroatoms. The molecule has 22 heavy (non-hydrogen) atoms. The van der Waals surface area contributed by atoms with E-state index in [2.05, 4.69) is 25.2 Å². The molecule has 0 aliphatic carbocycles. The highest BCUT2D eigenvalue weighted by atomic mass is 16.2. The van der Waals surface area contributed by atoms with Crippen LogP contribution in [0.15, 0.2) is 18.2 Å². The molecule has 1 atom stereocenters. The largest absolute Gasteiger partial charge is 0.356 e. The van der Waals surface area contributed by atoms with Gasteiger partial charge in [0, 0.05) is 25.2 Å². The predicted octanol–water partition coefficient (Wildman–Crippen LogP) is 2.82. The molecule has 0 radical (unpaired) electrons. The number of hydrogen-bond donors (Lipinski definition) is 1. The Kier molecular flexibility index (Phi) is 5.22. The number of nitrogens with zero attached hydrogens (tertiary/aromatic N) is 1. The van der Waals surface area contributed by atoms with Crippen molar-refractivity contribution < 1.29 is 9.59 Å². The summed E-state index contributed by atoms with van der Waals surface area (Å²) in [6.07, 6.45) is 1.27. The molecule has 120 valence electrons. The van der Waals surface area contributed by atoms with Crippen LogP contribution >= 0.6 is 0 Å². The smallest absolute Gasteiger partial charge is 0.227 e. The van der Waals surface area contributed by atoms with Crippen LogP contribution in [-0.2, 0) is 9.59 Å². The lowest BCUT2D eigenvalue weighted by atomic mass is 10.1.